The topological polar surface area (TPSA) is 47.6 Å². The third-order valence-electron chi connectivity index (χ3n) is 4.30. The van der Waals surface area contributed by atoms with Crippen molar-refractivity contribution in [3.05, 3.63) is 23.3 Å². The van der Waals surface area contributed by atoms with Crippen LogP contribution >= 0.6 is 0 Å². The highest BCUT2D eigenvalue weighted by Gasteiger charge is 2.27. The number of ether oxygens (including phenoxy) is 2. The number of amides is 1. The van der Waals surface area contributed by atoms with Gasteiger partial charge in [0.05, 0.1) is 14.2 Å². The molecule has 116 valence electrons. The van der Waals surface area contributed by atoms with Gasteiger partial charge in [-0.3, -0.25) is 4.79 Å². The van der Waals surface area contributed by atoms with Crippen LogP contribution in [0.4, 0.5) is 0 Å². The van der Waals surface area contributed by atoms with Gasteiger partial charge in [0.2, 0.25) is 5.91 Å². The van der Waals surface area contributed by atoms with E-state index in [2.05, 4.69) is 12.2 Å². The molecule has 0 spiro atoms. The molecule has 2 rings (SSSR count). The Bertz CT molecular complexity index is 513. The molecular weight excluding hydrogens is 266 g/mol. The van der Waals surface area contributed by atoms with Crippen LogP contribution in [-0.2, 0) is 11.2 Å². The Morgan fingerprint density at radius 3 is 2.62 bits per heavy atom. The average molecular weight is 291 g/mol. The summed E-state index contributed by atoms with van der Waals surface area (Å²) in [5, 5.41) is 3.04. The van der Waals surface area contributed by atoms with Gasteiger partial charge in [0, 0.05) is 12.5 Å². The van der Waals surface area contributed by atoms with E-state index in [1.165, 1.54) is 11.1 Å². The van der Waals surface area contributed by atoms with Crippen molar-refractivity contribution in [2.45, 2.75) is 51.5 Å². The van der Waals surface area contributed by atoms with Crippen molar-refractivity contribution >= 4 is 5.91 Å². The van der Waals surface area contributed by atoms with Crippen molar-refractivity contribution in [2.75, 3.05) is 14.2 Å². The van der Waals surface area contributed by atoms with Crippen LogP contribution in [0, 0.1) is 0 Å². The highest BCUT2D eigenvalue weighted by Crippen LogP contribution is 2.41. The molecule has 1 aromatic carbocycles. The van der Waals surface area contributed by atoms with E-state index in [9.17, 15) is 4.79 Å². The minimum Gasteiger partial charge on any atom is -0.493 e. The van der Waals surface area contributed by atoms with Crippen LogP contribution in [0.5, 0.6) is 11.5 Å². The van der Waals surface area contributed by atoms with Gasteiger partial charge in [-0.05, 0) is 55.4 Å². The summed E-state index contributed by atoms with van der Waals surface area (Å²) in [5.74, 6) is 1.92. The standard InChI is InChI=1S/C17H25NO3/c1-5-11(2)18-17(19)9-13-7-6-12-8-15(20-3)16(21-4)10-14(12)13/h8,10-11,13H,5-7,9H2,1-4H3,(H,18,19). The maximum Gasteiger partial charge on any atom is 0.220 e. The van der Waals surface area contributed by atoms with Crippen LogP contribution in [0.3, 0.4) is 0 Å². The molecule has 0 bridgehead atoms. The molecule has 0 aromatic heterocycles. The van der Waals surface area contributed by atoms with Crippen LogP contribution < -0.4 is 14.8 Å². The molecule has 0 saturated carbocycles. The van der Waals surface area contributed by atoms with E-state index in [0.717, 1.165) is 30.8 Å². The highest BCUT2D eigenvalue weighted by atomic mass is 16.5. The van der Waals surface area contributed by atoms with E-state index >= 15 is 0 Å². The van der Waals surface area contributed by atoms with Crippen molar-refractivity contribution in [1.29, 1.82) is 0 Å². The SMILES string of the molecule is CCC(C)NC(=O)CC1CCc2cc(OC)c(OC)cc21. The van der Waals surface area contributed by atoms with Crippen LogP contribution in [0.2, 0.25) is 0 Å². The number of hydrogen-bond acceptors (Lipinski definition) is 3. The monoisotopic (exact) mass is 291 g/mol. The van der Waals surface area contributed by atoms with E-state index in [-0.39, 0.29) is 17.9 Å². The van der Waals surface area contributed by atoms with Gasteiger partial charge in [0.25, 0.3) is 0 Å². The maximum atomic E-state index is 12.1. The van der Waals surface area contributed by atoms with Crippen LogP contribution in [0.25, 0.3) is 0 Å². The van der Waals surface area contributed by atoms with Gasteiger partial charge < -0.3 is 14.8 Å². The lowest BCUT2D eigenvalue weighted by atomic mass is 9.96. The van der Waals surface area contributed by atoms with Crippen molar-refractivity contribution in [2.24, 2.45) is 0 Å². The Balaban J connectivity index is 2.12. The lowest BCUT2D eigenvalue weighted by molar-refractivity contribution is -0.122. The number of methoxy groups -OCH3 is 2. The first-order chi connectivity index (χ1) is 10.1. The zero-order chi connectivity index (χ0) is 15.4. The smallest absolute Gasteiger partial charge is 0.220 e. The number of rotatable bonds is 6. The van der Waals surface area contributed by atoms with E-state index in [0.29, 0.717) is 6.42 Å². The second kappa shape index (κ2) is 6.83. The van der Waals surface area contributed by atoms with E-state index in [1.807, 2.05) is 19.1 Å². The van der Waals surface area contributed by atoms with Crippen molar-refractivity contribution in [3.8, 4) is 11.5 Å². The fourth-order valence-electron chi connectivity index (χ4n) is 2.89. The van der Waals surface area contributed by atoms with Gasteiger partial charge >= 0.3 is 0 Å². The molecule has 0 aliphatic heterocycles. The fourth-order valence-corrected chi connectivity index (χ4v) is 2.89. The summed E-state index contributed by atoms with van der Waals surface area (Å²) < 4.78 is 10.7. The van der Waals surface area contributed by atoms with Gasteiger partial charge in [0.1, 0.15) is 0 Å². The third-order valence-corrected chi connectivity index (χ3v) is 4.30. The van der Waals surface area contributed by atoms with Crippen molar-refractivity contribution in [1.82, 2.24) is 5.32 Å². The van der Waals surface area contributed by atoms with Crippen LogP contribution in [-0.4, -0.2) is 26.2 Å². The molecule has 0 fully saturated rings. The number of carbonyl (C=O) groups is 1. The van der Waals surface area contributed by atoms with Crippen molar-refractivity contribution in [3.63, 3.8) is 0 Å². The van der Waals surface area contributed by atoms with Crippen molar-refractivity contribution < 1.29 is 14.3 Å². The Hall–Kier alpha value is -1.71. The summed E-state index contributed by atoms with van der Waals surface area (Å²) >= 11 is 0. The van der Waals surface area contributed by atoms with Gasteiger partial charge in [-0.1, -0.05) is 6.92 Å². The predicted octanol–water partition coefficient (Wildman–Crippen LogP) is 3.04. The quantitative estimate of drug-likeness (QED) is 0.876. The molecule has 2 atom stereocenters. The Kier molecular flexibility index (Phi) is 5.10. The molecule has 0 radical (unpaired) electrons. The van der Waals surface area contributed by atoms with E-state index in [1.54, 1.807) is 14.2 Å². The zero-order valence-electron chi connectivity index (χ0n) is 13.4. The molecule has 1 aliphatic carbocycles. The highest BCUT2D eigenvalue weighted by molar-refractivity contribution is 5.77. The molecule has 2 unspecified atom stereocenters. The molecule has 0 saturated heterocycles. The van der Waals surface area contributed by atoms with Crippen LogP contribution in [0.1, 0.15) is 50.2 Å². The van der Waals surface area contributed by atoms with Gasteiger partial charge in [-0.2, -0.15) is 0 Å². The average Bonchev–Trinajstić information content (AvgIpc) is 2.87. The summed E-state index contributed by atoms with van der Waals surface area (Å²) in [5.41, 5.74) is 2.50. The first-order valence-corrected chi connectivity index (χ1v) is 7.63. The Labute approximate surface area is 126 Å². The molecule has 0 heterocycles. The third kappa shape index (κ3) is 3.49. The van der Waals surface area contributed by atoms with Gasteiger partial charge in [0.15, 0.2) is 11.5 Å². The number of aryl methyl sites for hydroxylation is 1. The summed E-state index contributed by atoms with van der Waals surface area (Å²) in [6.45, 7) is 4.11. The molecular formula is C17H25NO3. The Morgan fingerprint density at radius 1 is 1.33 bits per heavy atom. The second-order valence-corrected chi connectivity index (χ2v) is 5.72. The fraction of sp³-hybridized carbons (Fsp3) is 0.588. The summed E-state index contributed by atoms with van der Waals surface area (Å²) in [7, 11) is 3.29. The minimum atomic E-state index is 0.136. The molecule has 1 aromatic rings. The summed E-state index contributed by atoms with van der Waals surface area (Å²) in [6.07, 6.45) is 3.52. The Morgan fingerprint density at radius 2 is 2.00 bits per heavy atom. The molecule has 1 amide bonds. The minimum absolute atomic E-state index is 0.136. The molecule has 4 heteroatoms. The predicted molar refractivity (Wildman–Crippen MR) is 83.1 cm³/mol. The first-order valence-electron chi connectivity index (χ1n) is 7.63. The van der Waals surface area contributed by atoms with E-state index in [4.69, 9.17) is 9.47 Å². The number of fused-ring (bicyclic) bond motifs is 1. The van der Waals surface area contributed by atoms with Crippen LogP contribution in [0.15, 0.2) is 12.1 Å². The summed E-state index contributed by atoms with van der Waals surface area (Å²) in [6, 6.07) is 4.31. The molecule has 1 N–H and O–H groups in total. The lowest BCUT2D eigenvalue weighted by Crippen LogP contribution is -2.32. The molecule has 1 aliphatic rings. The maximum absolute atomic E-state index is 12.1. The number of benzene rings is 1. The number of hydrogen-bond donors (Lipinski definition) is 1. The summed E-state index contributed by atoms with van der Waals surface area (Å²) in [4.78, 5) is 12.1. The zero-order valence-corrected chi connectivity index (χ0v) is 13.4. The largest absolute Gasteiger partial charge is 0.493 e. The number of nitrogens with one attached hydrogen (secondary N) is 1. The second-order valence-electron chi connectivity index (χ2n) is 5.72. The van der Waals surface area contributed by atoms with E-state index < -0.39 is 0 Å². The normalized spacial score (nSPS) is 18.0. The molecule has 4 nitrogen and oxygen atoms in total. The first kappa shape index (κ1) is 15.7. The lowest BCUT2D eigenvalue weighted by Gasteiger charge is -2.16. The van der Waals surface area contributed by atoms with Gasteiger partial charge in [-0.15, -0.1) is 0 Å². The number of carbonyl (C=O) groups excluding carboxylic acids is 1. The molecule has 21 heavy (non-hydrogen) atoms. The van der Waals surface area contributed by atoms with Gasteiger partial charge in [-0.25, -0.2) is 0 Å².